The lowest BCUT2D eigenvalue weighted by atomic mass is 10.3. The van der Waals surface area contributed by atoms with Crippen molar-refractivity contribution in [3.05, 3.63) is 0 Å². The number of carboxylic acids is 2. The van der Waals surface area contributed by atoms with Crippen LogP contribution >= 0.6 is 0 Å². The van der Waals surface area contributed by atoms with Crippen molar-refractivity contribution in [2.75, 3.05) is 19.3 Å². The molecular weight excluding hydrogens is 254 g/mol. The zero-order valence-electron chi connectivity index (χ0n) is 9.28. The molecule has 0 aliphatic rings. The average Bonchev–Trinajstić information content (AvgIpc) is 2.11. The first-order valence-corrected chi connectivity index (χ1v) is 6.42. The molecule has 0 aromatic heterocycles. The third-order valence-corrected chi connectivity index (χ3v) is 3.44. The number of aliphatic carboxylic acids is 2. The minimum Gasteiger partial charge on any atom is -0.480 e. The maximum atomic E-state index is 11.6. The number of carbonyl (C=O) groups is 3. The highest BCUT2D eigenvalue weighted by molar-refractivity contribution is 7.92. The molecule has 1 atom stereocenters. The summed E-state index contributed by atoms with van der Waals surface area (Å²) >= 11 is 0. The van der Waals surface area contributed by atoms with Crippen LogP contribution in [0.4, 0.5) is 0 Å². The molecule has 0 bridgehead atoms. The Kier molecular flexibility index (Phi) is 5.08. The van der Waals surface area contributed by atoms with Gasteiger partial charge in [0.25, 0.3) is 0 Å². The Labute approximate surface area is 97.8 Å². The monoisotopic (exact) mass is 267 g/mol. The largest absolute Gasteiger partial charge is 0.480 e. The first-order chi connectivity index (χ1) is 7.55. The smallest absolute Gasteiger partial charge is 0.323 e. The van der Waals surface area contributed by atoms with Crippen LogP contribution in [0.1, 0.15) is 6.92 Å². The van der Waals surface area contributed by atoms with Crippen LogP contribution in [0.2, 0.25) is 0 Å². The van der Waals surface area contributed by atoms with Crippen molar-refractivity contribution in [2.24, 2.45) is 0 Å². The number of carbonyl (C=O) groups excluding carboxylic acids is 1. The molecule has 0 radical (unpaired) electrons. The quantitative estimate of drug-likeness (QED) is 0.594. The minimum atomic E-state index is -3.70. The Morgan fingerprint density at radius 1 is 1.12 bits per heavy atom. The highest BCUT2D eigenvalue weighted by Crippen LogP contribution is 2.04. The molecule has 9 heteroatoms. The lowest BCUT2D eigenvalue weighted by Gasteiger charge is -2.21. The normalized spacial score (nSPS) is 12.8. The summed E-state index contributed by atoms with van der Waals surface area (Å²) in [7, 11) is -3.70. The summed E-state index contributed by atoms with van der Waals surface area (Å²) in [5.41, 5.74) is 0. The maximum absolute atomic E-state index is 11.6. The van der Waals surface area contributed by atoms with E-state index >= 15 is 0 Å². The lowest BCUT2D eigenvalue weighted by Crippen LogP contribution is -2.46. The van der Waals surface area contributed by atoms with Crippen LogP contribution in [0.3, 0.4) is 0 Å². The van der Waals surface area contributed by atoms with Gasteiger partial charge in [0.1, 0.15) is 18.3 Å². The van der Waals surface area contributed by atoms with E-state index in [-0.39, 0.29) is 0 Å². The summed E-state index contributed by atoms with van der Waals surface area (Å²) in [5.74, 6) is -3.88. The van der Waals surface area contributed by atoms with Crippen LogP contribution in [-0.4, -0.2) is 66.0 Å². The fourth-order valence-electron chi connectivity index (χ4n) is 0.979. The Morgan fingerprint density at radius 2 is 1.47 bits per heavy atom. The molecule has 8 nitrogen and oxygen atoms in total. The van der Waals surface area contributed by atoms with Gasteiger partial charge in [-0.25, -0.2) is 8.42 Å². The standard InChI is InChI=1S/C8H13NO7S/c1-5(17(2,15)16)8(14)9(3-6(10)11)4-7(12)13/h5H,3-4H2,1-2H3,(H,10,11)(H,12,13). The molecule has 0 heterocycles. The fourth-order valence-corrected chi connectivity index (χ4v) is 1.49. The third-order valence-electron chi connectivity index (χ3n) is 1.95. The number of hydrogen-bond acceptors (Lipinski definition) is 5. The second-order valence-corrected chi connectivity index (χ2v) is 5.82. The van der Waals surface area contributed by atoms with Crippen molar-refractivity contribution in [1.29, 1.82) is 0 Å². The highest BCUT2D eigenvalue weighted by Gasteiger charge is 2.30. The predicted molar refractivity (Wildman–Crippen MR) is 56.2 cm³/mol. The van der Waals surface area contributed by atoms with Gasteiger partial charge in [0.05, 0.1) is 0 Å². The Morgan fingerprint density at radius 3 is 1.71 bits per heavy atom. The van der Waals surface area contributed by atoms with Crippen molar-refractivity contribution in [3.63, 3.8) is 0 Å². The summed E-state index contributed by atoms with van der Waals surface area (Å²) < 4.78 is 22.2. The summed E-state index contributed by atoms with van der Waals surface area (Å²) in [6.07, 6.45) is 0.815. The highest BCUT2D eigenvalue weighted by atomic mass is 32.2. The van der Waals surface area contributed by atoms with Gasteiger partial charge < -0.3 is 15.1 Å². The molecule has 98 valence electrons. The van der Waals surface area contributed by atoms with E-state index in [1.807, 2.05) is 0 Å². The van der Waals surface area contributed by atoms with Gasteiger partial charge in [0.15, 0.2) is 9.84 Å². The fraction of sp³-hybridized carbons (Fsp3) is 0.625. The summed E-state index contributed by atoms with van der Waals surface area (Å²) in [5, 5.41) is 15.5. The van der Waals surface area contributed by atoms with E-state index in [4.69, 9.17) is 10.2 Å². The van der Waals surface area contributed by atoms with E-state index < -0.39 is 46.0 Å². The van der Waals surface area contributed by atoms with Crippen LogP contribution in [0.25, 0.3) is 0 Å². The molecule has 0 saturated heterocycles. The van der Waals surface area contributed by atoms with Crippen LogP contribution < -0.4 is 0 Å². The van der Waals surface area contributed by atoms with E-state index in [0.717, 1.165) is 13.2 Å². The number of rotatable bonds is 6. The van der Waals surface area contributed by atoms with Crippen molar-refractivity contribution >= 4 is 27.7 Å². The molecule has 1 unspecified atom stereocenters. The minimum absolute atomic E-state index is 0.469. The van der Waals surface area contributed by atoms with Crippen molar-refractivity contribution in [3.8, 4) is 0 Å². The van der Waals surface area contributed by atoms with E-state index in [0.29, 0.717) is 4.90 Å². The predicted octanol–water partition coefficient (Wildman–Crippen LogP) is -1.58. The van der Waals surface area contributed by atoms with E-state index in [1.54, 1.807) is 0 Å². The van der Waals surface area contributed by atoms with Gasteiger partial charge in [0.2, 0.25) is 5.91 Å². The average molecular weight is 267 g/mol. The van der Waals surface area contributed by atoms with Crippen molar-refractivity contribution in [2.45, 2.75) is 12.2 Å². The Balaban J connectivity index is 4.98. The van der Waals surface area contributed by atoms with Crippen LogP contribution in [-0.2, 0) is 24.2 Å². The van der Waals surface area contributed by atoms with E-state index in [1.165, 1.54) is 0 Å². The Hall–Kier alpha value is -1.64. The summed E-state index contributed by atoms with van der Waals surface area (Å²) in [4.78, 5) is 32.9. The molecule has 0 saturated carbocycles. The van der Waals surface area contributed by atoms with Crippen molar-refractivity contribution in [1.82, 2.24) is 4.90 Å². The number of carboxylic acid groups (broad SMARTS) is 2. The van der Waals surface area contributed by atoms with Gasteiger partial charge in [-0.1, -0.05) is 0 Å². The lowest BCUT2D eigenvalue weighted by molar-refractivity contribution is -0.149. The van der Waals surface area contributed by atoms with Crippen molar-refractivity contribution < 1.29 is 33.0 Å². The number of sulfone groups is 1. The molecule has 0 aliphatic heterocycles. The second-order valence-electron chi connectivity index (χ2n) is 3.45. The zero-order valence-corrected chi connectivity index (χ0v) is 10.1. The van der Waals surface area contributed by atoms with Gasteiger partial charge >= 0.3 is 11.9 Å². The summed E-state index contributed by atoms with van der Waals surface area (Å²) in [6.45, 7) is -0.635. The topological polar surface area (TPSA) is 129 Å². The molecule has 0 aromatic rings. The van der Waals surface area contributed by atoms with Gasteiger partial charge in [0, 0.05) is 6.26 Å². The van der Waals surface area contributed by atoms with Crippen LogP contribution in [0.15, 0.2) is 0 Å². The second kappa shape index (κ2) is 5.62. The molecule has 17 heavy (non-hydrogen) atoms. The molecule has 0 spiro atoms. The molecule has 0 aromatic carbocycles. The van der Waals surface area contributed by atoms with Gasteiger partial charge in [-0.05, 0) is 6.92 Å². The SMILES string of the molecule is CC(C(=O)N(CC(=O)O)CC(=O)O)S(C)(=O)=O. The molecular formula is C8H13NO7S. The third kappa shape index (κ3) is 5.29. The Bertz CT molecular complexity index is 411. The summed E-state index contributed by atoms with van der Waals surface area (Å²) in [6, 6.07) is 0. The molecule has 0 aliphatic carbocycles. The molecule has 1 amide bonds. The zero-order chi connectivity index (χ0) is 13.8. The van der Waals surface area contributed by atoms with E-state index in [2.05, 4.69) is 0 Å². The molecule has 2 N–H and O–H groups in total. The first-order valence-electron chi connectivity index (χ1n) is 4.47. The molecule has 0 rings (SSSR count). The first kappa shape index (κ1) is 15.4. The van der Waals surface area contributed by atoms with Gasteiger partial charge in [-0.3, -0.25) is 14.4 Å². The molecule has 0 fully saturated rings. The number of hydrogen-bond donors (Lipinski definition) is 2. The van der Waals surface area contributed by atoms with Crippen LogP contribution in [0.5, 0.6) is 0 Å². The van der Waals surface area contributed by atoms with Gasteiger partial charge in [-0.2, -0.15) is 0 Å². The van der Waals surface area contributed by atoms with Gasteiger partial charge in [-0.15, -0.1) is 0 Å². The van der Waals surface area contributed by atoms with Crippen LogP contribution in [0, 0.1) is 0 Å². The maximum Gasteiger partial charge on any atom is 0.323 e. The number of amides is 1. The number of nitrogens with zero attached hydrogens (tertiary/aromatic N) is 1. The van der Waals surface area contributed by atoms with E-state index in [9.17, 15) is 22.8 Å².